The van der Waals surface area contributed by atoms with Crippen molar-refractivity contribution in [1.29, 1.82) is 0 Å². The molecule has 3 rings (SSSR count). The summed E-state index contributed by atoms with van der Waals surface area (Å²) < 4.78 is 5.40. The van der Waals surface area contributed by atoms with Gasteiger partial charge in [0.05, 0.1) is 7.11 Å². The fourth-order valence-corrected chi connectivity index (χ4v) is 3.21. The van der Waals surface area contributed by atoms with E-state index < -0.39 is 0 Å². The van der Waals surface area contributed by atoms with Gasteiger partial charge in [0.15, 0.2) is 0 Å². The van der Waals surface area contributed by atoms with E-state index in [2.05, 4.69) is 26.7 Å². The zero-order valence-electron chi connectivity index (χ0n) is 14.5. The molecule has 5 heteroatoms. The number of nitrogens with one attached hydrogen (secondary N) is 2. The zero-order valence-corrected chi connectivity index (χ0v) is 14.5. The molecular weight excluding hydrogens is 300 g/mol. The average Bonchev–Trinajstić information content (AvgIpc) is 3.08. The number of ether oxygens (including phenoxy) is 1. The lowest BCUT2D eigenvalue weighted by Gasteiger charge is -2.14. The van der Waals surface area contributed by atoms with Crippen molar-refractivity contribution in [3.8, 4) is 5.75 Å². The summed E-state index contributed by atoms with van der Waals surface area (Å²) in [7, 11) is 1.71. The van der Waals surface area contributed by atoms with Crippen LogP contribution in [0.5, 0.6) is 5.75 Å². The second kappa shape index (κ2) is 7.99. The van der Waals surface area contributed by atoms with E-state index in [0.29, 0.717) is 6.04 Å². The van der Waals surface area contributed by atoms with Crippen molar-refractivity contribution in [3.63, 3.8) is 0 Å². The van der Waals surface area contributed by atoms with Gasteiger partial charge in [0.25, 0.3) is 0 Å². The number of anilines is 2. The fourth-order valence-electron chi connectivity index (χ4n) is 3.21. The molecule has 5 nitrogen and oxygen atoms in total. The van der Waals surface area contributed by atoms with Crippen molar-refractivity contribution in [1.82, 2.24) is 9.97 Å². The van der Waals surface area contributed by atoms with E-state index in [-0.39, 0.29) is 0 Å². The van der Waals surface area contributed by atoms with Crippen LogP contribution >= 0.6 is 0 Å². The highest BCUT2D eigenvalue weighted by Gasteiger charge is 2.16. The van der Waals surface area contributed by atoms with Gasteiger partial charge < -0.3 is 15.4 Å². The van der Waals surface area contributed by atoms with Crippen molar-refractivity contribution >= 4 is 11.8 Å². The summed E-state index contributed by atoms with van der Waals surface area (Å²) >= 11 is 0. The molecule has 0 saturated heterocycles. The van der Waals surface area contributed by atoms with Crippen molar-refractivity contribution < 1.29 is 4.74 Å². The van der Waals surface area contributed by atoms with Gasteiger partial charge in [-0.2, -0.15) is 4.98 Å². The second-order valence-electron chi connectivity index (χ2n) is 6.33. The summed E-state index contributed by atoms with van der Waals surface area (Å²) in [5, 5.41) is 6.87. The monoisotopic (exact) mass is 326 g/mol. The molecule has 1 aromatic heterocycles. The van der Waals surface area contributed by atoms with Gasteiger partial charge in [0, 0.05) is 24.3 Å². The summed E-state index contributed by atoms with van der Waals surface area (Å²) in [6.07, 6.45) is 5.92. The Labute approximate surface area is 143 Å². The van der Waals surface area contributed by atoms with Gasteiger partial charge in [-0.15, -0.1) is 0 Å². The third-order valence-corrected chi connectivity index (χ3v) is 4.44. The third kappa shape index (κ3) is 4.37. The molecule has 1 aliphatic rings. The van der Waals surface area contributed by atoms with Crippen LogP contribution in [-0.4, -0.2) is 29.7 Å². The molecule has 0 aliphatic heterocycles. The second-order valence-corrected chi connectivity index (χ2v) is 6.33. The Balaban J connectivity index is 1.59. The number of benzene rings is 1. The number of rotatable bonds is 7. The number of para-hydroxylation sites is 1. The van der Waals surface area contributed by atoms with Crippen LogP contribution in [0.2, 0.25) is 0 Å². The third-order valence-electron chi connectivity index (χ3n) is 4.44. The van der Waals surface area contributed by atoms with Gasteiger partial charge in [-0.25, -0.2) is 4.98 Å². The van der Waals surface area contributed by atoms with Crippen LogP contribution in [-0.2, 0) is 6.42 Å². The lowest BCUT2D eigenvalue weighted by molar-refractivity contribution is 0.410. The largest absolute Gasteiger partial charge is 0.496 e. The highest BCUT2D eigenvalue weighted by atomic mass is 16.5. The quantitative estimate of drug-likeness (QED) is 0.810. The van der Waals surface area contributed by atoms with E-state index in [9.17, 15) is 0 Å². The molecule has 1 fully saturated rings. The first kappa shape index (κ1) is 16.6. The Kier molecular flexibility index (Phi) is 5.51. The van der Waals surface area contributed by atoms with Crippen molar-refractivity contribution in [2.24, 2.45) is 0 Å². The maximum atomic E-state index is 5.40. The Morgan fingerprint density at radius 3 is 2.75 bits per heavy atom. The molecule has 1 heterocycles. The number of aryl methyl sites for hydroxylation is 1. The highest BCUT2D eigenvalue weighted by molar-refractivity contribution is 5.43. The normalized spacial score (nSPS) is 14.6. The first-order chi connectivity index (χ1) is 11.7. The number of methoxy groups -OCH3 is 1. The molecule has 1 aromatic carbocycles. The minimum absolute atomic E-state index is 0.522. The first-order valence-electron chi connectivity index (χ1n) is 8.72. The Morgan fingerprint density at radius 2 is 1.96 bits per heavy atom. The van der Waals surface area contributed by atoms with Gasteiger partial charge in [0.1, 0.15) is 11.6 Å². The molecule has 0 atom stereocenters. The average molecular weight is 326 g/mol. The van der Waals surface area contributed by atoms with Crippen LogP contribution < -0.4 is 15.4 Å². The summed E-state index contributed by atoms with van der Waals surface area (Å²) in [6, 6.07) is 10.6. The van der Waals surface area contributed by atoms with Crippen LogP contribution in [0.3, 0.4) is 0 Å². The van der Waals surface area contributed by atoms with E-state index in [1.54, 1.807) is 7.11 Å². The Bertz CT molecular complexity index is 668. The molecule has 2 aromatic rings. The van der Waals surface area contributed by atoms with Crippen molar-refractivity contribution in [2.75, 3.05) is 24.3 Å². The summed E-state index contributed by atoms with van der Waals surface area (Å²) in [6.45, 7) is 2.81. The van der Waals surface area contributed by atoms with Gasteiger partial charge in [-0.05, 0) is 37.8 Å². The molecule has 0 bridgehead atoms. The summed E-state index contributed by atoms with van der Waals surface area (Å²) in [5.41, 5.74) is 2.17. The molecule has 0 radical (unpaired) electrons. The van der Waals surface area contributed by atoms with Crippen molar-refractivity contribution in [2.45, 2.75) is 45.1 Å². The fraction of sp³-hybridized carbons (Fsp3) is 0.474. The smallest absolute Gasteiger partial charge is 0.225 e. The molecule has 0 amide bonds. The lowest BCUT2D eigenvalue weighted by atomic mass is 10.1. The SMILES string of the molecule is COc1ccccc1CCNc1cc(C)nc(NC2CCCC2)n1. The molecule has 1 saturated carbocycles. The van der Waals surface area contributed by atoms with E-state index in [1.807, 2.05) is 31.2 Å². The number of hydrogen-bond acceptors (Lipinski definition) is 5. The van der Waals surface area contributed by atoms with Crippen molar-refractivity contribution in [3.05, 3.63) is 41.6 Å². The molecule has 0 spiro atoms. The van der Waals surface area contributed by atoms with E-state index in [0.717, 1.165) is 36.2 Å². The summed E-state index contributed by atoms with van der Waals surface area (Å²) in [5.74, 6) is 2.54. The first-order valence-corrected chi connectivity index (χ1v) is 8.72. The highest BCUT2D eigenvalue weighted by Crippen LogP contribution is 2.22. The van der Waals surface area contributed by atoms with E-state index in [4.69, 9.17) is 4.74 Å². The van der Waals surface area contributed by atoms with Gasteiger partial charge in [-0.3, -0.25) is 0 Å². The maximum absolute atomic E-state index is 5.40. The molecule has 128 valence electrons. The topological polar surface area (TPSA) is 59.1 Å². The molecule has 1 aliphatic carbocycles. The Hall–Kier alpha value is -2.30. The minimum atomic E-state index is 0.522. The molecular formula is C19H26N4O. The number of aromatic nitrogens is 2. The van der Waals surface area contributed by atoms with Crippen LogP contribution in [0, 0.1) is 6.92 Å². The predicted molar refractivity (Wildman–Crippen MR) is 97.8 cm³/mol. The summed E-state index contributed by atoms with van der Waals surface area (Å²) in [4.78, 5) is 9.11. The molecule has 24 heavy (non-hydrogen) atoms. The number of nitrogens with zero attached hydrogens (tertiary/aromatic N) is 2. The predicted octanol–water partition coefficient (Wildman–Crippen LogP) is 3.80. The van der Waals surface area contributed by atoms with E-state index in [1.165, 1.54) is 31.2 Å². The molecule has 2 N–H and O–H groups in total. The standard InChI is InChI=1S/C19H26N4O/c1-14-13-18(23-19(21-14)22-16-8-4-5-9-16)20-12-11-15-7-3-6-10-17(15)24-2/h3,6-7,10,13,16H,4-5,8-9,11-12H2,1-2H3,(H2,20,21,22,23). The van der Waals surface area contributed by atoms with Crippen LogP contribution in [0.15, 0.2) is 30.3 Å². The zero-order chi connectivity index (χ0) is 16.8. The van der Waals surface area contributed by atoms with Gasteiger partial charge >= 0.3 is 0 Å². The lowest BCUT2D eigenvalue weighted by Crippen LogP contribution is -2.18. The van der Waals surface area contributed by atoms with Gasteiger partial charge in [-0.1, -0.05) is 31.0 Å². The van der Waals surface area contributed by atoms with Crippen LogP contribution in [0.4, 0.5) is 11.8 Å². The molecule has 0 unspecified atom stereocenters. The van der Waals surface area contributed by atoms with Crippen LogP contribution in [0.1, 0.15) is 36.9 Å². The van der Waals surface area contributed by atoms with E-state index >= 15 is 0 Å². The van der Waals surface area contributed by atoms with Gasteiger partial charge in [0.2, 0.25) is 5.95 Å². The number of hydrogen-bond donors (Lipinski definition) is 2. The minimum Gasteiger partial charge on any atom is -0.496 e. The Morgan fingerprint density at radius 1 is 1.17 bits per heavy atom. The van der Waals surface area contributed by atoms with Crippen LogP contribution in [0.25, 0.3) is 0 Å². The maximum Gasteiger partial charge on any atom is 0.225 e.